The van der Waals surface area contributed by atoms with E-state index in [1.54, 1.807) is 6.08 Å². The Kier molecular flexibility index (Phi) is 5.37. The van der Waals surface area contributed by atoms with Gasteiger partial charge in [0, 0.05) is 44.0 Å². The van der Waals surface area contributed by atoms with Crippen LogP contribution in [0.25, 0.3) is 72.6 Å². The number of allylic oxidation sites excluding steroid dienone is 1. The third-order valence-corrected chi connectivity index (χ3v) is 7.91. The Morgan fingerprint density at radius 3 is 1.74 bits per heavy atom. The van der Waals surface area contributed by atoms with E-state index in [-0.39, 0.29) is 11.4 Å². The molecular weight excluding hydrogens is 514 g/mol. The second-order valence-electron chi connectivity index (χ2n) is 10.4. The summed E-state index contributed by atoms with van der Waals surface area (Å²) in [5, 5.41) is 19.8. The second kappa shape index (κ2) is 9.39. The lowest BCUT2D eigenvalue weighted by Crippen LogP contribution is -2.17. The minimum Gasteiger partial charge on any atom is -0.299 e. The van der Waals surface area contributed by atoms with E-state index >= 15 is 0 Å². The smallest absolute Gasteiger partial charge is 0.0972 e. The van der Waals surface area contributed by atoms with Crippen molar-refractivity contribution in [1.82, 2.24) is 15.0 Å². The zero-order valence-electron chi connectivity index (χ0n) is 22.5. The summed E-state index contributed by atoms with van der Waals surface area (Å²) >= 11 is 0. The van der Waals surface area contributed by atoms with Crippen molar-refractivity contribution in [3.63, 3.8) is 0 Å². The summed E-state index contributed by atoms with van der Waals surface area (Å²) in [6, 6.07) is 38.8. The molecule has 5 nitrogen and oxygen atoms in total. The van der Waals surface area contributed by atoms with Crippen molar-refractivity contribution >= 4 is 50.2 Å². The normalized spacial score (nSPS) is 12.8. The van der Waals surface area contributed by atoms with Crippen molar-refractivity contribution in [2.75, 3.05) is 0 Å². The predicted octanol–water partition coefficient (Wildman–Crippen LogP) is 8.75. The Labute approximate surface area is 241 Å². The van der Waals surface area contributed by atoms with Gasteiger partial charge in [0.05, 0.1) is 45.1 Å². The molecule has 5 heteroatoms. The lowest BCUT2D eigenvalue weighted by Gasteiger charge is -2.19. The van der Waals surface area contributed by atoms with E-state index in [9.17, 15) is 0 Å². The van der Waals surface area contributed by atoms with Gasteiger partial charge in [0.1, 0.15) is 0 Å². The molecule has 0 saturated heterocycles. The van der Waals surface area contributed by atoms with E-state index in [0.29, 0.717) is 0 Å². The number of pyridine rings is 3. The van der Waals surface area contributed by atoms with Gasteiger partial charge in [0.15, 0.2) is 0 Å². The van der Waals surface area contributed by atoms with Gasteiger partial charge in [-0.2, -0.15) is 0 Å². The molecule has 8 rings (SSSR count). The fourth-order valence-corrected chi connectivity index (χ4v) is 5.76. The van der Waals surface area contributed by atoms with Crippen LogP contribution < -0.4 is 0 Å². The predicted molar refractivity (Wildman–Crippen MR) is 172 cm³/mol. The van der Waals surface area contributed by atoms with E-state index < -0.39 is 0 Å². The molecule has 1 aliphatic carbocycles. The zero-order valence-corrected chi connectivity index (χ0v) is 22.5. The largest absolute Gasteiger partial charge is 0.299 e. The van der Waals surface area contributed by atoms with E-state index in [1.165, 1.54) is 0 Å². The maximum absolute atomic E-state index is 8.63. The van der Waals surface area contributed by atoms with Crippen molar-refractivity contribution in [3.8, 4) is 33.8 Å². The number of rotatable bonds is 3. The molecule has 42 heavy (non-hydrogen) atoms. The summed E-state index contributed by atoms with van der Waals surface area (Å²) in [6.45, 7) is 0. The number of aromatic nitrogens is 3. The van der Waals surface area contributed by atoms with E-state index in [1.807, 2.05) is 48.5 Å². The van der Waals surface area contributed by atoms with Gasteiger partial charge < -0.3 is 0 Å². The van der Waals surface area contributed by atoms with Crippen molar-refractivity contribution < 1.29 is 0 Å². The average Bonchev–Trinajstić information content (AvgIpc) is 3.06. The van der Waals surface area contributed by atoms with E-state index in [4.69, 9.17) is 25.8 Å². The number of benzene rings is 4. The molecule has 1 aliphatic rings. The molecule has 0 spiro atoms. The topological polar surface area (TPSA) is 86.4 Å². The van der Waals surface area contributed by atoms with Crippen LogP contribution in [0.2, 0.25) is 0 Å². The highest BCUT2D eigenvalue weighted by Crippen LogP contribution is 2.35. The van der Waals surface area contributed by atoms with E-state index in [2.05, 4.69) is 72.8 Å². The van der Waals surface area contributed by atoms with Gasteiger partial charge in [-0.05, 0) is 30.4 Å². The Bertz CT molecular complexity index is 2270. The monoisotopic (exact) mass is 537 g/mol. The number of nitrogens with one attached hydrogen (secondary N) is 2. The van der Waals surface area contributed by atoms with E-state index in [0.717, 1.165) is 77.6 Å². The molecule has 7 aromatic rings. The second-order valence-corrected chi connectivity index (χ2v) is 10.4. The number of hydrogen-bond acceptors (Lipinski definition) is 5. The molecule has 2 N–H and O–H groups in total. The highest BCUT2D eigenvalue weighted by molar-refractivity contribution is 6.54. The molecule has 0 aliphatic heterocycles. The van der Waals surface area contributed by atoms with Crippen molar-refractivity contribution in [2.24, 2.45) is 0 Å². The van der Waals surface area contributed by atoms with Gasteiger partial charge in [0.2, 0.25) is 0 Å². The van der Waals surface area contributed by atoms with Crippen LogP contribution in [0.15, 0.2) is 121 Å². The van der Waals surface area contributed by atoms with Crippen LogP contribution in [-0.2, 0) is 0 Å². The molecule has 0 fully saturated rings. The SMILES string of the molecule is N=C1C=Cc2c(-c3ccc(-c4ccc5ccc6ccc(-c7ccccc7)nc6c5n4)cc3)nc3ccccc3c2C1=N. The van der Waals surface area contributed by atoms with Gasteiger partial charge in [-0.1, -0.05) is 97.1 Å². The van der Waals surface area contributed by atoms with Gasteiger partial charge in [-0.25, -0.2) is 15.0 Å². The van der Waals surface area contributed by atoms with Crippen LogP contribution in [0.3, 0.4) is 0 Å². The maximum atomic E-state index is 8.63. The highest BCUT2D eigenvalue weighted by atomic mass is 14.8. The number of nitrogens with zero attached hydrogens (tertiary/aromatic N) is 3. The molecule has 0 radical (unpaired) electrons. The van der Waals surface area contributed by atoms with Crippen LogP contribution in [0.4, 0.5) is 0 Å². The molecular formula is C37H23N5. The quantitative estimate of drug-likeness (QED) is 0.221. The number of hydrogen-bond donors (Lipinski definition) is 2. The number of para-hydroxylation sites is 1. The first kappa shape index (κ1) is 24.0. The fourth-order valence-electron chi connectivity index (χ4n) is 5.76. The summed E-state index contributed by atoms with van der Waals surface area (Å²) in [6.07, 6.45) is 3.59. The molecule has 0 unspecified atom stereocenters. The molecule has 196 valence electrons. The highest BCUT2D eigenvalue weighted by Gasteiger charge is 2.22. The lowest BCUT2D eigenvalue weighted by molar-refractivity contribution is 1.35. The Morgan fingerprint density at radius 2 is 1.05 bits per heavy atom. The summed E-state index contributed by atoms with van der Waals surface area (Å²) in [5.74, 6) is 0. The van der Waals surface area contributed by atoms with Gasteiger partial charge in [-0.3, -0.25) is 10.8 Å². The summed E-state index contributed by atoms with van der Waals surface area (Å²) in [4.78, 5) is 15.1. The third kappa shape index (κ3) is 3.83. The molecule has 0 atom stereocenters. The molecule has 3 aromatic heterocycles. The Morgan fingerprint density at radius 1 is 0.476 bits per heavy atom. The lowest BCUT2D eigenvalue weighted by atomic mass is 9.88. The van der Waals surface area contributed by atoms with Gasteiger partial charge in [-0.15, -0.1) is 0 Å². The number of fused-ring (bicyclic) bond motifs is 6. The first-order chi connectivity index (χ1) is 20.6. The standard InChI is InChI=1S/C37H23N5/c38-29-19-18-28-33(34(29)39)27-8-4-5-9-32(27)42-35(28)24-12-10-23(11-13-24)31-21-17-26-15-14-25-16-20-30(22-6-2-1-3-7-22)40-36(25)37(26)41-31/h1-21,38-39H. The van der Waals surface area contributed by atoms with Crippen LogP contribution in [0, 0.1) is 10.8 Å². The van der Waals surface area contributed by atoms with Crippen LogP contribution >= 0.6 is 0 Å². The zero-order chi connectivity index (χ0) is 28.2. The minimum absolute atomic E-state index is 0.209. The maximum Gasteiger partial charge on any atom is 0.0972 e. The fraction of sp³-hybridized carbons (Fsp3) is 0. The third-order valence-electron chi connectivity index (χ3n) is 7.91. The molecule has 4 aromatic carbocycles. The summed E-state index contributed by atoms with van der Waals surface area (Å²) < 4.78 is 0. The van der Waals surface area contributed by atoms with Gasteiger partial charge >= 0.3 is 0 Å². The summed E-state index contributed by atoms with van der Waals surface area (Å²) in [5.41, 5.74) is 10.3. The summed E-state index contributed by atoms with van der Waals surface area (Å²) in [7, 11) is 0. The first-order valence-corrected chi connectivity index (χ1v) is 13.8. The molecule has 0 bridgehead atoms. The Hall–Kier alpha value is -5.81. The Balaban J connectivity index is 1.23. The van der Waals surface area contributed by atoms with Crippen molar-refractivity contribution in [1.29, 1.82) is 10.8 Å². The molecule has 3 heterocycles. The van der Waals surface area contributed by atoms with Gasteiger partial charge in [0.25, 0.3) is 0 Å². The minimum atomic E-state index is 0.209. The van der Waals surface area contributed by atoms with Crippen LogP contribution in [-0.4, -0.2) is 26.4 Å². The first-order valence-electron chi connectivity index (χ1n) is 13.8. The molecule has 0 saturated carbocycles. The molecule has 0 amide bonds. The van der Waals surface area contributed by atoms with Crippen molar-refractivity contribution in [3.05, 3.63) is 132 Å². The average molecular weight is 538 g/mol. The van der Waals surface area contributed by atoms with Crippen molar-refractivity contribution in [2.45, 2.75) is 0 Å². The van der Waals surface area contributed by atoms with Crippen LogP contribution in [0.5, 0.6) is 0 Å². The van der Waals surface area contributed by atoms with Crippen LogP contribution in [0.1, 0.15) is 11.1 Å².